The molecule has 1 aliphatic heterocycles. The second kappa shape index (κ2) is 10.1. The van der Waals surface area contributed by atoms with Gasteiger partial charge >= 0.3 is 0 Å². The fraction of sp³-hybridized carbons (Fsp3) is 0.375. The van der Waals surface area contributed by atoms with Gasteiger partial charge in [-0.3, -0.25) is 14.4 Å². The summed E-state index contributed by atoms with van der Waals surface area (Å²) < 4.78 is 0.923. The van der Waals surface area contributed by atoms with Crippen LogP contribution in [0.3, 0.4) is 0 Å². The van der Waals surface area contributed by atoms with E-state index in [1.807, 2.05) is 38.1 Å². The summed E-state index contributed by atoms with van der Waals surface area (Å²) >= 11 is 3.38. The molecule has 0 saturated carbocycles. The quantitative estimate of drug-likeness (QED) is 0.707. The number of halogens is 1. The zero-order chi connectivity index (χ0) is 22.5. The Morgan fingerprint density at radius 2 is 1.58 bits per heavy atom. The van der Waals surface area contributed by atoms with Crippen molar-refractivity contribution in [2.24, 2.45) is 0 Å². The van der Waals surface area contributed by atoms with Crippen molar-refractivity contribution in [2.75, 3.05) is 26.2 Å². The molecule has 2 aromatic carbocycles. The van der Waals surface area contributed by atoms with E-state index in [1.165, 1.54) is 6.92 Å². The molecule has 0 unspecified atom stereocenters. The number of nitrogens with zero attached hydrogens (tertiary/aromatic N) is 2. The Labute approximate surface area is 191 Å². The molecule has 3 amide bonds. The normalized spacial score (nSPS) is 14.8. The van der Waals surface area contributed by atoms with Crippen LogP contribution in [0.15, 0.2) is 46.9 Å². The van der Waals surface area contributed by atoms with Crippen LogP contribution in [-0.2, 0) is 16.0 Å². The lowest BCUT2D eigenvalue weighted by Crippen LogP contribution is -2.56. The second-order valence-corrected chi connectivity index (χ2v) is 8.93. The Morgan fingerprint density at radius 1 is 0.968 bits per heavy atom. The van der Waals surface area contributed by atoms with E-state index in [0.717, 1.165) is 21.2 Å². The minimum atomic E-state index is -0.619. The van der Waals surface area contributed by atoms with Crippen LogP contribution in [0.4, 0.5) is 0 Å². The number of benzene rings is 2. The molecule has 1 aliphatic rings. The third-order valence-electron chi connectivity index (χ3n) is 5.57. The number of rotatable bonds is 5. The van der Waals surface area contributed by atoms with Crippen molar-refractivity contribution in [1.29, 1.82) is 0 Å². The van der Waals surface area contributed by atoms with E-state index in [1.54, 1.807) is 21.9 Å². The highest BCUT2D eigenvalue weighted by Gasteiger charge is 2.30. The standard InChI is InChI=1S/C24H28BrN3O3/c1-16-4-5-17(2)20(14-16)15-22(26-18(3)29)24(31)28-12-10-27(11-13-28)23(30)19-6-8-21(25)9-7-19/h4-9,14,22H,10-13,15H2,1-3H3,(H,26,29)/t22-/m1/s1. The number of carbonyl (C=O) groups excluding carboxylic acids is 3. The highest BCUT2D eigenvalue weighted by Crippen LogP contribution is 2.16. The summed E-state index contributed by atoms with van der Waals surface area (Å²) in [5, 5.41) is 2.82. The van der Waals surface area contributed by atoms with Crippen LogP contribution in [0.25, 0.3) is 0 Å². The van der Waals surface area contributed by atoms with Gasteiger partial charge in [-0.15, -0.1) is 0 Å². The summed E-state index contributed by atoms with van der Waals surface area (Å²) in [4.78, 5) is 41.2. The molecular formula is C24H28BrN3O3. The fourth-order valence-electron chi connectivity index (χ4n) is 3.81. The number of hydrogen-bond donors (Lipinski definition) is 1. The van der Waals surface area contributed by atoms with Crippen molar-refractivity contribution in [2.45, 2.75) is 33.2 Å². The lowest BCUT2D eigenvalue weighted by molar-refractivity contribution is -0.137. The molecule has 0 spiro atoms. The van der Waals surface area contributed by atoms with Gasteiger partial charge in [0.1, 0.15) is 6.04 Å². The Morgan fingerprint density at radius 3 is 2.19 bits per heavy atom. The van der Waals surface area contributed by atoms with E-state index in [-0.39, 0.29) is 17.7 Å². The van der Waals surface area contributed by atoms with Crippen LogP contribution in [-0.4, -0.2) is 59.7 Å². The van der Waals surface area contributed by atoms with Crippen molar-refractivity contribution in [3.05, 3.63) is 69.2 Å². The summed E-state index contributed by atoms with van der Waals surface area (Å²) in [6.45, 7) is 7.29. The first-order valence-electron chi connectivity index (χ1n) is 10.4. The molecule has 164 valence electrons. The van der Waals surface area contributed by atoms with Gasteiger partial charge in [0, 0.05) is 49.6 Å². The molecule has 1 fully saturated rings. The summed E-state index contributed by atoms with van der Waals surface area (Å²) in [5.41, 5.74) is 3.90. The van der Waals surface area contributed by atoms with E-state index >= 15 is 0 Å². The van der Waals surface area contributed by atoms with E-state index in [2.05, 4.69) is 27.3 Å². The van der Waals surface area contributed by atoms with E-state index in [9.17, 15) is 14.4 Å². The van der Waals surface area contributed by atoms with Gasteiger partial charge in [0.05, 0.1) is 0 Å². The summed E-state index contributed by atoms with van der Waals surface area (Å²) in [6.07, 6.45) is 0.448. The Hall–Kier alpha value is -2.67. The maximum atomic E-state index is 13.2. The van der Waals surface area contributed by atoms with Crippen LogP contribution < -0.4 is 5.32 Å². The predicted octanol–water partition coefficient (Wildman–Crippen LogP) is 3.10. The third-order valence-corrected chi connectivity index (χ3v) is 6.10. The highest BCUT2D eigenvalue weighted by molar-refractivity contribution is 9.10. The largest absolute Gasteiger partial charge is 0.344 e. The van der Waals surface area contributed by atoms with Crippen LogP contribution in [0, 0.1) is 13.8 Å². The van der Waals surface area contributed by atoms with Gasteiger partial charge in [0.25, 0.3) is 5.91 Å². The van der Waals surface area contributed by atoms with Gasteiger partial charge < -0.3 is 15.1 Å². The molecule has 0 aromatic heterocycles. The van der Waals surface area contributed by atoms with E-state index < -0.39 is 6.04 Å². The first-order valence-corrected chi connectivity index (χ1v) is 11.2. The smallest absolute Gasteiger partial charge is 0.253 e. The van der Waals surface area contributed by atoms with Crippen molar-refractivity contribution < 1.29 is 14.4 Å². The van der Waals surface area contributed by atoms with Crippen molar-refractivity contribution in [3.63, 3.8) is 0 Å². The monoisotopic (exact) mass is 485 g/mol. The number of carbonyl (C=O) groups is 3. The van der Waals surface area contributed by atoms with Crippen molar-refractivity contribution >= 4 is 33.7 Å². The lowest BCUT2D eigenvalue weighted by atomic mass is 9.98. The zero-order valence-corrected chi connectivity index (χ0v) is 19.7. The van der Waals surface area contributed by atoms with Gasteiger partial charge in [0.15, 0.2) is 0 Å². The lowest BCUT2D eigenvalue weighted by Gasteiger charge is -2.36. The SMILES string of the molecule is CC(=O)N[C@H](Cc1cc(C)ccc1C)C(=O)N1CCN(C(=O)c2ccc(Br)cc2)CC1. The molecule has 2 aromatic rings. The zero-order valence-electron chi connectivity index (χ0n) is 18.2. The molecule has 1 saturated heterocycles. The topological polar surface area (TPSA) is 69.7 Å². The summed E-state index contributed by atoms with van der Waals surface area (Å²) in [6, 6.07) is 12.8. The summed E-state index contributed by atoms with van der Waals surface area (Å²) in [7, 11) is 0. The fourth-order valence-corrected chi connectivity index (χ4v) is 4.08. The molecule has 1 heterocycles. The van der Waals surface area contributed by atoms with E-state index in [0.29, 0.717) is 38.2 Å². The first kappa shape index (κ1) is 23.0. The van der Waals surface area contributed by atoms with Gasteiger partial charge in [0.2, 0.25) is 11.8 Å². The first-order chi connectivity index (χ1) is 14.7. The summed E-state index contributed by atoms with van der Waals surface area (Å²) in [5.74, 6) is -0.368. The van der Waals surface area contributed by atoms with Crippen molar-refractivity contribution in [1.82, 2.24) is 15.1 Å². The molecule has 6 nitrogen and oxygen atoms in total. The van der Waals surface area contributed by atoms with Gasteiger partial charge in [-0.05, 0) is 49.2 Å². The van der Waals surface area contributed by atoms with Gasteiger partial charge in [-0.1, -0.05) is 39.7 Å². The minimum Gasteiger partial charge on any atom is -0.344 e. The van der Waals surface area contributed by atoms with Crippen molar-refractivity contribution in [3.8, 4) is 0 Å². The van der Waals surface area contributed by atoms with Crippen LogP contribution in [0.2, 0.25) is 0 Å². The van der Waals surface area contributed by atoms with Gasteiger partial charge in [-0.2, -0.15) is 0 Å². The highest BCUT2D eigenvalue weighted by atomic mass is 79.9. The van der Waals surface area contributed by atoms with Crippen LogP contribution in [0.1, 0.15) is 34.0 Å². The number of hydrogen-bond acceptors (Lipinski definition) is 3. The maximum Gasteiger partial charge on any atom is 0.253 e. The predicted molar refractivity (Wildman–Crippen MR) is 124 cm³/mol. The molecule has 3 rings (SSSR count). The Bertz CT molecular complexity index is 967. The van der Waals surface area contributed by atoms with Gasteiger partial charge in [-0.25, -0.2) is 0 Å². The van der Waals surface area contributed by atoms with E-state index in [4.69, 9.17) is 0 Å². The molecule has 31 heavy (non-hydrogen) atoms. The molecule has 0 bridgehead atoms. The molecule has 0 aliphatic carbocycles. The third kappa shape index (κ3) is 5.94. The molecule has 7 heteroatoms. The number of nitrogens with one attached hydrogen (secondary N) is 1. The average molecular weight is 486 g/mol. The second-order valence-electron chi connectivity index (χ2n) is 8.01. The minimum absolute atomic E-state index is 0.0339. The molecular weight excluding hydrogens is 458 g/mol. The molecule has 1 N–H and O–H groups in total. The van der Waals surface area contributed by atoms with Crippen LogP contribution >= 0.6 is 15.9 Å². The maximum absolute atomic E-state index is 13.2. The number of aryl methyl sites for hydroxylation is 2. The van der Waals surface area contributed by atoms with Crippen LogP contribution in [0.5, 0.6) is 0 Å². The Balaban J connectivity index is 1.66. The Kier molecular flexibility index (Phi) is 7.49. The number of piperazine rings is 1. The molecule has 1 atom stereocenters. The molecule has 0 radical (unpaired) electrons. The number of amides is 3. The average Bonchev–Trinajstić information content (AvgIpc) is 2.75.